The van der Waals surface area contributed by atoms with Crippen LogP contribution in [0.3, 0.4) is 0 Å². The highest BCUT2D eigenvalue weighted by molar-refractivity contribution is 9.10. The van der Waals surface area contributed by atoms with Crippen LogP contribution in [0.5, 0.6) is 0 Å². The first-order valence-electron chi connectivity index (χ1n) is 4.82. The Bertz CT molecular complexity index is 644. The van der Waals surface area contributed by atoms with Crippen LogP contribution in [0.2, 0.25) is 5.02 Å². The van der Waals surface area contributed by atoms with Crippen molar-refractivity contribution in [2.24, 2.45) is 0 Å². The maximum absolute atomic E-state index is 13.5. The van der Waals surface area contributed by atoms with Gasteiger partial charge in [0, 0.05) is 0 Å². The molecule has 6 heteroatoms. The fraction of sp³-hybridized carbons (Fsp3) is 0. The molecule has 1 heterocycles. The molecule has 0 aliphatic carbocycles. The zero-order valence-electron chi connectivity index (χ0n) is 8.92. The summed E-state index contributed by atoms with van der Waals surface area (Å²) >= 11 is 9.00. The molecular weight excluding hydrogens is 321 g/mol. The molecule has 0 saturated heterocycles. The molecule has 2 aromatic rings. The van der Waals surface area contributed by atoms with E-state index in [1.165, 1.54) is 18.3 Å². The summed E-state index contributed by atoms with van der Waals surface area (Å²) < 4.78 is 14.0. The molecule has 1 aromatic carbocycles. The van der Waals surface area contributed by atoms with Gasteiger partial charge in [-0.1, -0.05) is 23.6 Å². The summed E-state index contributed by atoms with van der Waals surface area (Å²) in [5, 5.41) is 0.240. The predicted octanol–water partition coefficient (Wildman–Crippen LogP) is 3.01. The molecular formula is C12H6BrClFN3. The fourth-order valence-electron chi connectivity index (χ4n) is 1.21. The topological polar surface area (TPSA) is 51.8 Å². The van der Waals surface area contributed by atoms with Crippen LogP contribution in [0.4, 0.5) is 10.2 Å². The third kappa shape index (κ3) is 2.78. The quantitative estimate of drug-likeness (QED) is 0.757. The summed E-state index contributed by atoms with van der Waals surface area (Å²) in [6.45, 7) is 0. The molecule has 0 fully saturated rings. The largest absolute Gasteiger partial charge is 0.381 e. The normalized spacial score (nSPS) is 9.72. The second-order valence-electron chi connectivity index (χ2n) is 3.27. The highest BCUT2D eigenvalue weighted by Gasteiger charge is 2.04. The molecule has 90 valence electrons. The van der Waals surface area contributed by atoms with Gasteiger partial charge in [0.1, 0.15) is 10.4 Å². The Kier molecular flexibility index (Phi) is 3.80. The third-order valence-corrected chi connectivity index (χ3v) is 2.74. The first-order chi connectivity index (χ1) is 8.58. The van der Waals surface area contributed by atoms with Crippen molar-refractivity contribution in [2.75, 3.05) is 5.73 Å². The lowest BCUT2D eigenvalue weighted by Gasteiger charge is -1.98. The number of rotatable bonds is 0. The van der Waals surface area contributed by atoms with Crippen LogP contribution in [0.25, 0.3) is 0 Å². The van der Waals surface area contributed by atoms with Crippen LogP contribution in [0.15, 0.2) is 29.0 Å². The molecule has 0 aliphatic heterocycles. The van der Waals surface area contributed by atoms with Crippen molar-refractivity contribution in [1.29, 1.82) is 0 Å². The monoisotopic (exact) mass is 325 g/mol. The predicted molar refractivity (Wildman–Crippen MR) is 71.5 cm³/mol. The van der Waals surface area contributed by atoms with Crippen LogP contribution in [0.1, 0.15) is 11.3 Å². The number of benzene rings is 1. The summed E-state index contributed by atoms with van der Waals surface area (Å²) in [5.74, 6) is 4.94. The van der Waals surface area contributed by atoms with E-state index in [1.807, 2.05) is 0 Å². The molecule has 18 heavy (non-hydrogen) atoms. The van der Waals surface area contributed by atoms with E-state index in [2.05, 4.69) is 37.7 Å². The molecule has 0 radical (unpaired) electrons. The van der Waals surface area contributed by atoms with Gasteiger partial charge in [-0.3, -0.25) is 0 Å². The Morgan fingerprint density at radius 1 is 1.33 bits per heavy atom. The van der Waals surface area contributed by atoms with Gasteiger partial charge in [-0.2, -0.15) is 0 Å². The Labute approximate surface area is 116 Å². The van der Waals surface area contributed by atoms with Crippen LogP contribution >= 0.6 is 27.5 Å². The number of hydrogen-bond acceptors (Lipinski definition) is 3. The van der Waals surface area contributed by atoms with Crippen LogP contribution < -0.4 is 5.73 Å². The van der Waals surface area contributed by atoms with Crippen molar-refractivity contribution in [3.8, 4) is 11.8 Å². The molecule has 0 unspecified atom stereocenters. The van der Waals surface area contributed by atoms with Gasteiger partial charge in [0.05, 0.1) is 16.8 Å². The number of hydrogen-bond donors (Lipinski definition) is 1. The average Bonchev–Trinajstić information content (AvgIpc) is 2.33. The molecule has 0 amide bonds. The summed E-state index contributed by atoms with van der Waals surface area (Å²) in [7, 11) is 0. The molecule has 2 N–H and O–H groups in total. The standard InChI is InChI=1S/C12H6BrClFN3/c13-11-6-17-12(16)10(18-11)5-4-7-8(14)2-1-3-9(7)15/h1-3,6H,(H2,16,17). The molecule has 0 saturated carbocycles. The minimum absolute atomic E-state index is 0.111. The van der Waals surface area contributed by atoms with Gasteiger partial charge in [-0.05, 0) is 34.0 Å². The average molecular weight is 327 g/mol. The molecule has 0 atom stereocenters. The summed E-state index contributed by atoms with van der Waals surface area (Å²) in [6, 6.07) is 4.35. The smallest absolute Gasteiger partial charge is 0.158 e. The lowest BCUT2D eigenvalue weighted by molar-refractivity contribution is 0.624. The zero-order chi connectivity index (χ0) is 13.1. The SMILES string of the molecule is Nc1ncc(Br)nc1C#Cc1c(F)cccc1Cl. The van der Waals surface area contributed by atoms with Crippen molar-refractivity contribution in [3.05, 3.63) is 51.1 Å². The van der Waals surface area contributed by atoms with Gasteiger partial charge >= 0.3 is 0 Å². The van der Waals surface area contributed by atoms with Crippen molar-refractivity contribution >= 4 is 33.3 Å². The van der Waals surface area contributed by atoms with Crippen molar-refractivity contribution in [2.45, 2.75) is 0 Å². The number of nitrogens with two attached hydrogens (primary N) is 1. The minimum Gasteiger partial charge on any atom is -0.381 e. The van der Waals surface area contributed by atoms with Crippen LogP contribution in [0, 0.1) is 17.7 Å². The van der Waals surface area contributed by atoms with Crippen molar-refractivity contribution in [1.82, 2.24) is 9.97 Å². The highest BCUT2D eigenvalue weighted by Crippen LogP contribution is 2.18. The second kappa shape index (κ2) is 5.34. The lowest BCUT2D eigenvalue weighted by atomic mass is 10.2. The van der Waals surface area contributed by atoms with Gasteiger partial charge < -0.3 is 5.73 Å². The summed E-state index contributed by atoms with van der Waals surface area (Å²) in [5.41, 5.74) is 5.98. The van der Waals surface area contributed by atoms with Gasteiger partial charge in [0.2, 0.25) is 0 Å². The van der Waals surface area contributed by atoms with E-state index in [1.54, 1.807) is 6.07 Å². The Morgan fingerprint density at radius 2 is 2.11 bits per heavy atom. The van der Waals surface area contributed by atoms with Gasteiger partial charge in [0.25, 0.3) is 0 Å². The summed E-state index contributed by atoms with van der Waals surface area (Å²) in [4.78, 5) is 7.91. The first kappa shape index (κ1) is 12.8. The van der Waals surface area contributed by atoms with E-state index < -0.39 is 5.82 Å². The molecule has 1 aromatic heterocycles. The number of anilines is 1. The molecule has 0 bridgehead atoms. The number of nitrogen functional groups attached to an aromatic ring is 1. The van der Waals surface area contributed by atoms with Crippen LogP contribution in [-0.4, -0.2) is 9.97 Å². The minimum atomic E-state index is -0.489. The number of halogens is 3. The molecule has 3 nitrogen and oxygen atoms in total. The van der Waals surface area contributed by atoms with E-state index >= 15 is 0 Å². The number of nitrogens with zero attached hydrogens (tertiary/aromatic N) is 2. The zero-order valence-corrected chi connectivity index (χ0v) is 11.3. The fourth-order valence-corrected chi connectivity index (χ4v) is 1.70. The Morgan fingerprint density at radius 3 is 2.83 bits per heavy atom. The van der Waals surface area contributed by atoms with Gasteiger partial charge in [-0.25, -0.2) is 14.4 Å². The Hall–Kier alpha value is -1.64. The molecule has 2 rings (SSSR count). The van der Waals surface area contributed by atoms with E-state index in [0.717, 1.165) is 0 Å². The second-order valence-corrected chi connectivity index (χ2v) is 4.49. The third-order valence-electron chi connectivity index (χ3n) is 2.04. The molecule has 0 aliphatic rings. The first-order valence-corrected chi connectivity index (χ1v) is 5.99. The lowest BCUT2D eigenvalue weighted by Crippen LogP contribution is -1.97. The van der Waals surface area contributed by atoms with E-state index in [9.17, 15) is 4.39 Å². The van der Waals surface area contributed by atoms with E-state index in [-0.39, 0.29) is 22.1 Å². The van der Waals surface area contributed by atoms with Crippen molar-refractivity contribution in [3.63, 3.8) is 0 Å². The van der Waals surface area contributed by atoms with Crippen molar-refractivity contribution < 1.29 is 4.39 Å². The maximum atomic E-state index is 13.5. The molecule has 0 spiro atoms. The number of aromatic nitrogens is 2. The maximum Gasteiger partial charge on any atom is 0.158 e. The van der Waals surface area contributed by atoms with Crippen LogP contribution in [-0.2, 0) is 0 Å². The summed E-state index contributed by atoms with van der Waals surface area (Å²) in [6.07, 6.45) is 1.45. The Balaban J connectivity index is 2.46. The highest BCUT2D eigenvalue weighted by atomic mass is 79.9. The van der Waals surface area contributed by atoms with E-state index in [4.69, 9.17) is 17.3 Å². The van der Waals surface area contributed by atoms with E-state index in [0.29, 0.717) is 4.60 Å². The van der Waals surface area contributed by atoms with Gasteiger partial charge in [-0.15, -0.1) is 0 Å². The van der Waals surface area contributed by atoms with Gasteiger partial charge in [0.15, 0.2) is 11.5 Å².